The predicted molar refractivity (Wildman–Crippen MR) is 70.2 cm³/mol. The molecular formula is C12H21N5O2. The van der Waals surface area contributed by atoms with Crippen LogP contribution < -0.4 is 10.6 Å². The molecule has 0 saturated heterocycles. The average molecular weight is 267 g/mol. The molecule has 19 heavy (non-hydrogen) atoms. The molecule has 0 aliphatic rings. The van der Waals surface area contributed by atoms with Crippen LogP contribution in [0.2, 0.25) is 0 Å². The van der Waals surface area contributed by atoms with E-state index in [1.165, 1.54) is 6.33 Å². The molecule has 7 heteroatoms. The topological polar surface area (TPSA) is 99.8 Å². The molecule has 1 aromatic rings. The summed E-state index contributed by atoms with van der Waals surface area (Å²) in [5.41, 5.74) is -0.428. The number of hydrogen-bond acceptors (Lipinski definition) is 4. The number of nitrogens with zero attached hydrogens (tertiary/aromatic N) is 2. The van der Waals surface area contributed by atoms with E-state index in [0.717, 1.165) is 5.82 Å². The van der Waals surface area contributed by atoms with E-state index in [2.05, 4.69) is 25.8 Å². The Morgan fingerprint density at radius 2 is 2.00 bits per heavy atom. The second-order valence-corrected chi connectivity index (χ2v) is 5.29. The maximum Gasteiger partial charge on any atom is 0.225 e. The Balaban J connectivity index is 2.10. The number of nitrogens with one attached hydrogen (secondary N) is 3. The van der Waals surface area contributed by atoms with Gasteiger partial charge in [0.1, 0.15) is 12.2 Å². The van der Waals surface area contributed by atoms with Crippen LogP contribution in [0.15, 0.2) is 6.33 Å². The van der Waals surface area contributed by atoms with Crippen LogP contribution in [0.3, 0.4) is 0 Å². The monoisotopic (exact) mass is 267 g/mol. The van der Waals surface area contributed by atoms with E-state index >= 15 is 0 Å². The summed E-state index contributed by atoms with van der Waals surface area (Å²) < 4.78 is 0. The third-order valence-electron chi connectivity index (χ3n) is 2.47. The van der Waals surface area contributed by atoms with Gasteiger partial charge in [0.15, 0.2) is 0 Å². The lowest BCUT2D eigenvalue weighted by Gasteiger charge is -2.17. The highest BCUT2D eigenvalue weighted by molar-refractivity contribution is 5.82. The molecule has 1 heterocycles. The van der Waals surface area contributed by atoms with Gasteiger partial charge in [0, 0.05) is 31.3 Å². The van der Waals surface area contributed by atoms with Crippen molar-refractivity contribution in [1.29, 1.82) is 0 Å². The van der Waals surface area contributed by atoms with Gasteiger partial charge in [-0.2, -0.15) is 5.10 Å². The van der Waals surface area contributed by atoms with Crippen LogP contribution >= 0.6 is 0 Å². The minimum Gasteiger partial charge on any atom is -0.356 e. The maximum absolute atomic E-state index is 11.6. The van der Waals surface area contributed by atoms with Crippen LogP contribution in [-0.2, 0) is 16.0 Å². The van der Waals surface area contributed by atoms with Crippen LogP contribution in [0, 0.1) is 5.41 Å². The fourth-order valence-electron chi connectivity index (χ4n) is 1.31. The van der Waals surface area contributed by atoms with Crippen molar-refractivity contribution in [3.8, 4) is 0 Å². The lowest BCUT2D eigenvalue weighted by molar-refractivity contribution is -0.128. The van der Waals surface area contributed by atoms with Crippen LogP contribution in [-0.4, -0.2) is 40.1 Å². The number of carbonyl (C=O) groups is 2. The van der Waals surface area contributed by atoms with Crippen molar-refractivity contribution >= 4 is 11.8 Å². The molecule has 3 N–H and O–H groups in total. The highest BCUT2D eigenvalue weighted by Gasteiger charge is 2.20. The molecule has 7 nitrogen and oxygen atoms in total. The van der Waals surface area contributed by atoms with Gasteiger partial charge >= 0.3 is 0 Å². The van der Waals surface area contributed by atoms with Crippen molar-refractivity contribution in [1.82, 2.24) is 25.8 Å². The zero-order valence-electron chi connectivity index (χ0n) is 11.6. The lowest BCUT2D eigenvalue weighted by atomic mass is 9.96. The molecule has 1 aromatic heterocycles. The van der Waals surface area contributed by atoms with Gasteiger partial charge in [-0.05, 0) is 0 Å². The first kappa shape index (κ1) is 15.1. The number of carbonyl (C=O) groups excluding carboxylic acids is 2. The van der Waals surface area contributed by atoms with E-state index < -0.39 is 5.41 Å². The van der Waals surface area contributed by atoms with E-state index in [9.17, 15) is 9.59 Å². The minimum atomic E-state index is -0.428. The maximum atomic E-state index is 11.6. The summed E-state index contributed by atoms with van der Waals surface area (Å²) >= 11 is 0. The highest BCUT2D eigenvalue weighted by Crippen LogP contribution is 2.11. The molecule has 0 radical (unpaired) electrons. The summed E-state index contributed by atoms with van der Waals surface area (Å²) in [4.78, 5) is 27.0. The average Bonchev–Trinajstić information content (AvgIpc) is 2.80. The molecule has 0 spiro atoms. The Kier molecular flexibility index (Phi) is 5.47. The van der Waals surface area contributed by atoms with E-state index in [4.69, 9.17) is 0 Å². The van der Waals surface area contributed by atoms with Crippen molar-refractivity contribution in [3.63, 3.8) is 0 Å². The number of aromatic amines is 1. The van der Waals surface area contributed by atoms with E-state index in [1.54, 1.807) is 0 Å². The summed E-state index contributed by atoms with van der Waals surface area (Å²) in [7, 11) is 0. The summed E-state index contributed by atoms with van der Waals surface area (Å²) in [6, 6.07) is 0. The fourth-order valence-corrected chi connectivity index (χ4v) is 1.31. The molecular weight excluding hydrogens is 246 g/mol. The van der Waals surface area contributed by atoms with Crippen molar-refractivity contribution in [2.45, 2.75) is 33.6 Å². The minimum absolute atomic E-state index is 0.0537. The van der Waals surface area contributed by atoms with Crippen molar-refractivity contribution < 1.29 is 9.59 Å². The largest absolute Gasteiger partial charge is 0.356 e. The van der Waals surface area contributed by atoms with Gasteiger partial charge in [-0.1, -0.05) is 20.8 Å². The molecule has 0 unspecified atom stereocenters. The van der Waals surface area contributed by atoms with Crippen LogP contribution in [0.25, 0.3) is 0 Å². The molecule has 1 rings (SSSR count). The van der Waals surface area contributed by atoms with Crippen LogP contribution in [0.1, 0.15) is 33.0 Å². The zero-order valence-corrected chi connectivity index (χ0v) is 11.6. The molecule has 0 saturated carbocycles. The van der Waals surface area contributed by atoms with Gasteiger partial charge in [0.25, 0.3) is 0 Å². The first-order valence-electron chi connectivity index (χ1n) is 6.29. The molecule has 2 amide bonds. The Hall–Kier alpha value is -1.92. The number of aromatic nitrogens is 3. The third-order valence-corrected chi connectivity index (χ3v) is 2.47. The second-order valence-electron chi connectivity index (χ2n) is 5.29. The van der Waals surface area contributed by atoms with Gasteiger partial charge < -0.3 is 10.6 Å². The molecule has 0 atom stereocenters. The van der Waals surface area contributed by atoms with Crippen LogP contribution in [0.4, 0.5) is 0 Å². The van der Waals surface area contributed by atoms with E-state index in [0.29, 0.717) is 19.5 Å². The van der Waals surface area contributed by atoms with Gasteiger partial charge in [-0.15, -0.1) is 0 Å². The Morgan fingerprint density at radius 1 is 1.26 bits per heavy atom. The zero-order chi connectivity index (χ0) is 14.3. The predicted octanol–water partition coefficient (Wildman–Crippen LogP) is 0.0158. The fraction of sp³-hybridized carbons (Fsp3) is 0.667. The number of H-pyrrole nitrogens is 1. The summed E-state index contributed by atoms with van der Waals surface area (Å²) in [6.45, 7) is 6.35. The molecule has 106 valence electrons. The van der Waals surface area contributed by atoms with Gasteiger partial charge in [-0.3, -0.25) is 14.7 Å². The second kappa shape index (κ2) is 6.86. The van der Waals surface area contributed by atoms with Gasteiger partial charge in [-0.25, -0.2) is 4.98 Å². The quantitative estimate of drug-likeness (QED) is 0.676. The number of amides is 2. The summed E-state index contributed by atoms with van der Waals surface area (Å²) in [6.07, 6.45) is 2.32. The lowest BCUT2D eigenvalue weighted by Crippen LogP contribution is -2.37. The highest BCUT2D eigenvalue weighted by atomic mass is 16.2. The molecule has 0 aromatic carbocycles. The van der Waals surface area contributed by atoms with E-state index in [1.807, 2.05) is 20.8 Å². The normalized spacial score (nSPS) is 11.1. The van der Waals surface area contributed by atoms with Gasteiger partial charge in [0.05, 0.1) is 0 Å². The summed E-state index contributed by atoms with van der Waals surface area (Å²) in [5, 5.41) is 11.9. The van der Waals surface area contributed by atoms with Crippen LogP contribution in [0.5, 0.6) is 0 Å². The first-order chi connectivity index (χ1) is 8.89. The van der Waals surface area contributed by atoms with Gasteiger partial charge in [0.2, 0.25) is 11.8 Å². The van der Waals surface area contributed by atoms with Crippen molar-refractivity contribution in [2.75, 3.05) is 13.1 Å². The molecule has 0 aliphatic heterocycles. The molecule has 0 fully saturated rings. The Labute approximate surface area is 112 Å². The molecule has 0 aliphatic carbocycles. The molecule has 0 bridgehead atoms. The van der Waals surface area contributed by atoms with Crippen molar-refractivity contribution in [3.05, 3.63) is 12.2 Å². The number of hydrogen-bond donors (Lipinski definition) is 3. The summed E-state index contributed by atoms with van der Waals surface area (Å²) in [5.74, 6) is 0.594. The smallest absolute Gasteiger partial charge is 0.225 e. The number of rotatable bonds is 6. The Morgan fingerprint density at radius 3 is 2.58 bits per heavy atom. The third kappa shape index (κ3) is 5.98. The Bertz CT molecular complexity index is 408. The van der Waals surface area contributed by atoms with E-state index in [-0.39, 0.29) is 18.2 Å². The van der Waals surface area contributed by atoms with Crippen molar-refractivity contribution in [2.24, 2.45) is 5.41 Å². The standard InChI is InChI=1S/C12H21N5O2/c1-12(2,3)11(19)14-7-5-10(18)13-6-4-9-15-8-16-17-9/h8H,4-7H2,1-3H3,(H,13,18)(H,14,19)(H,15,16,17). The first-order valence-corrected chi connectivity index (χ1v) is 6.29. The SMILES string of the molecule is CC(C)(C)C(=O)NCCC(=O)NCCc1ncn[nH]1.